The van der Waals surface area contributed by atoms with Crippen LogP contribution in [-0.4, -0.2) is 33.2 Å². The van der Waals surface area contributed by atoms with Crippen LogP contribution in [0.3, 0.4) is 0 Å². The summed E-state index contributed by atoms with van der Waals surface area (Å²) in [5.41, 5.74) is 4.53. The zero-order chi connectivity index (χ0) is 22.8. The van der Waals surface area contributed by atoms with E-state index < -0.39 is 6.10 Å². The molecule has 4 aromatic rings. The van der Waals surface area contributed by atoms with Crippen LogP contribution < -0.4 is 10.3 Å². The van der Waals surface area contributed by atoms with Crippen molar-refractivity contribution in [2.24, 2.45) is 0 Å². The van der Waals surface area contributed by atoms with E-state index in [4.69, 9.17) is 4.74 Å². The quantitative estimate of drug-likeness (QED) is 0.424. The number of hydrogen-bond donors (Lipinski definition) is 1. The number of ketones is 1. The number of benzene rings is 2. The fourth-order valence-corrected chi connectivity index (χ4v) is 4.40. The van der Waals surface area contributed by atoms with E-state index in [0.717, 1.165) is 16.7 Å². The van der Waals surface area contributed by atoms with E-state index in [1.54, 1.807) is 24.3 Å². The first-order chi connectivity index (χ1) is 15.3. The predicted molar refractivity (Wildman–Crippen MR) is 127 cm³/mol. The molecule has 0 radical (unpaired) electrons. The van der Waals surface area contributed by atoms with Gasteiger partial charge in [-0.25, -0.2) is 4.98 Å². The number of nitrogens with zero attached hydrogens (tertiary/aromatic N) is 2. The van der Waals surface area contributed by atoms with E-state index in [1.807, 2.05) is 24.4 Å². The van der Waals surface area contributed by atoms with Gasteiger partial charge in [-0.2, -0.15) is 0 Å². The molecule has 32 heavy (non-hydrogen) atoms. The Hall–Kier alpha value is -3.29. The standard InChI is InChI=1S/C25H24N2O4S/c1-15-7-8-19(9-16(15)2)22-13-32-24-23(22)25(30)27(14-26-24)11-20(29)12-31-21-6-4-5-18(10-21)17(3)28/h4-10,13-14,20,29H,11-12H2,1-3H3/t20-/m1/s1. The van der Waals surface area contributed by atoms with Crippen LogP contribution in [0.5, 0.6) is 5.75 Å². The van der Waals surface area contributed by atoms with Gasteiger partial charge in [0.15, 0.2) is 5.78 Å². The summed E-state index contributed by atoms with van der Waals surface area (Å²) in [4.78, 5) is 29.8. The molecule has 0 fully saturated rings. The molecule has 4 rings (SSSR count). The van der Waals surface area contributed by atoms with E-state index in [2.05, 4.69) is 18.0 Å². The van der Waals surface area contributed by atoms with Crippen molar-refractivity contribution in [2.45, 2.75) is 33.4 Å². The molecule has 1 N–H and O–H groups in total. The average Bonchev–Trinajstić information content (AvgIpc) is 3.21. The number of aromatic nitrogens is 2. The SMILES string of the molecule is CC(=O)c1cccc(OC[C@H](O)Cn2cnc3scc(-c4ccc(C)c(C)c4)c3c2=O)c1. The van der Waals surface area contributed by atoms with Gasteiger partial charge < -0.3 is 9.84 Å². The number of carbonyl (C=O) groups excluding carboxylic acids is 1. The van der Waals surface area contributed by atoms with Crippen molar-refractivity contribution in [3.8, 4) is 16.9 Å². The summed E-state index contributed by atoms with van der Waals surface area (Å²) in [6.07, 6.45) is 0.543. The molecule has 0 amide bonds. The molecule has 2 aromatic carbocycles. The van der Waals surface area contributed by atoms with Gasteiger partial charge in [0.05, 0.1) is 18.3 Å². The summed E-state index contributed by atoms with van der Waals surface area (Å²) in [7, 11) is 0. The lowest BCUT2D eigenvalue weighted by Gasteiger charge is -2.14. The van der Waals surface area contributed by atoms with Crippen LogP contribution in [0, 0.1) is 13.8 Å². The molecule has 0 aliphatic carbocycles. The van der Waals surface area contributed by atoms with Crippen LogP contribution in [0.25, 0.3) is 21.3 Å². The highest BCUT2D eigenvalue weighted by Gasteiger charge is 2.16. The first-order valence-corrected chi connectivity index (χ1v) is 11.2. The molecule has 0 saturated carbocycles. The highest BCUT2D eigenvalue weighted by molar-refractivity contribution is 7.17. The van der Waals surface area contributed by atoms with Crippen molar-refractivity contribution >= 4 is 27.3 Å². The zero-order valence-electron chi connectivity index (χ0n) is 18.2. The third-order valence-electron chi connectivity index (χ3n) is 5.47. The second-order valence-corrected chi connectivity index (χ2v) is 8.74. The van der Waals surface area contributed by atoms with Crippen molar-refractivity contribution in [2.75, 3.05) is 6.61 Å². The van der Waals surface area contributed by atoms with Gasteiger partial charge >= 0.3 is 0 Å². The molecule has 1 atom stereocenters. The van der Waals surface area contributed by atoms with Crippen molar-refractivity contribution in [1.82, 2.24) is 9.55 Å². The van der Waals surface area contributed by atoms with Gasteiger partial charge in [-0.15, -0.1) is 11.3 Å². The maximum Gasteiger partial charge on any atom is 0.262 e. The van der Waals surface area contributed by atoms with E-state index in [0.29, 0.717) is 21.5 Å². The highest BCUT2D eigenvalue weighted by Crippen LogP contribution is 2.31. The number of aryl methyl sites for hydroxylation is 2. The lowest BCUT2D eigenvalue weighted by Crippen LogP contribution is -2.30. The maximum absolute atomic E-state index is 13.2. The normalized spacial score (nSPS) is 12.1. The van der Waals surface area contributed by atoms with Gasteiger partial charge in [0.25, 0.3) is 5.56 Å². The molecular formula is C25H24N2O4S. The Labute approximate surface area is 189 Å². The molecule has 6 nitrogen and oxygen atoms in total. The number of Topliss-reactive ketones (excluding diaryl/α,β-unsaturated/α-hetero) is 1. The van der Waals surface area contributed by atoms with E-state index >= 15 is 0 Å². The summed E-state index contributed by atoms with van der Waals surface area (Å²) in [6, 6.07) is 12.9. The van der Waals surface area contributed by atoms with Gasteiger partial charge in [-0.3, -0.25) is 14.2 Å². The van der Waals surface area contributed by atoms with E-state index in [9.17, 15) is 14.7 Å². The Balaban J connectivity index is 1.55. The molecule has 0 saturated heterocycles. The van der Waals surface area contributed by atoms with E-state index in [-0.39, 0.29) is 24.5 Å². The fraction of sp³-hybridized carbons (Fsp3) is 0.240. The minimum Gasteiger partial charge on any atom is -0.491 e. The Morgan fingerprint density at radius 2 is 2.00 bits per heavy atom. The molecule has 0 spiro atoms. The zero-order valence-corrected chi connectivity index (χ0v) is 19.0. The topological polar surface area (TPSA) is 81.4 Å². The minimum absolute atomic E-state index is 0.0144. The van der Waals surface area contributed by atoms with Crippen LogP contribution in [-0.2, 0) is 6.54 Å². The Bertz CT molecular complexity index is 1360. The largest absolute Gasteiger partial charge is 0.491 e. The van der Waals surface area contributed by atoms with Gasteiger partial charge in [0, 0.05) is 16.5 Å². The number of aliphatic hydroxyl groups excluding tert-OH is 1. The molecule has 0 bridgehead atoms. The number of carbonyl (C=O) groups is 1. The van der Waals surface area contributed by atoms with Gasteiger partial charge in [-0.05, 0) is 49.6 Å². The predicted octanol–water partition coefficient (Wildman–Crippen LogP) is 4.38. The smallest absolute Gasteiger partial charge is 0.262 e. The van der Waals surface area contributed by atoms with Crippen LogP contribution in [0.15, 0.2) is 59.0 Å². The Morgan fingerprint density at radius 3 is 2.75 bits per heavy atom. The molecule has 2 aromatic heterocycles. The number of ether oxygens (including phenoxy) is 1. The Kier molecular flexibility index (Phi) is 6.21. The number of rotatable bonds is 7. The third kappa shape index (κ3) is 4.49. The first kappa shape index (κ1) is 21.9. The number of fused-ring (bicyclic) bond motifs is 1. The van der Waals surface area contributed by atoms with Crippen molar-refractivity contribution in [1.29, 1.82) is 0 Å². The molecule has 0 aliphatic heterocycles. The number of thiophene rings is 1. The number of hydrogen-bond acceptors (Lipinski definition) is 6. The van der Waals surface area contributed by atoms with Crippen molar-refractivity contribution in [3.63, 3.8) is 0 Å². The lowest BCUT2D eigenvalue weighted by atomic mass is 10.0. The molecule has 0 unspecified atom stereocenters. The van der Waals surface area contributed by atoms with Crippen LogP contribution >= 0.6 is 11.3 Å². The summed E-state index contributed by atoms with van der Waals surface area (Å²) in [6.45, 7) is 5.63. The summed E-state index contributed by atoms with van der Waals surface area (Å²) < 4.78 is 7.04. The monoisotopic (exact) mass is 448 g/mol. The van der Waals surface area contributed by atoms with Gasteiger partial charge in [0.2, 0.25) is 0 Å². The average molecular weight is 449 g/mol. The third-order valence-corrected chi connectivity index (χ3v) is 6.36. The summed E-state index contributed by atoms with van der Waals surface area (Å²) >= 11 is 1.43. The highest BCUT2D eigenvalue weighted by atomic mass is 32.1. The van der Waals surface area contributed by atoms with Crippen LogP contribution in [0.2, 0.25) is 0 Å². The molecule has 7 heteroatoms. The fourth-order valence-electron chi connectivity index (χ4n) is 3.50. The second kappa shape index (κ2) is 9.06. The number of aliphatic hydroxyl groups is 1. The molecule has 0 aliphatic rings. The molecule has 164 valence electrons. The molecule has 2 heterocycles. The van der Waals surface area contributed by atoms with Gasteiger partial charge in [-0.1, -0.05) is 30.3 Å². The first-order valence-electron chi connectivity index (χ1n) is 10.3. The van der Waals surface area contributed by atoms with Gasteiger partial charge in [0.1, 0.15) is 23.3 Å². The lowest BCUT2D eigenvalue weighted by molar-refractivity contribution is 0.0913. The summed E-state index contributed by atoms with van der Waals surface area (Å²) in [5, 5.41) is 13.0. The molecular weight excluding hydrogens is 424 g/mol. The van der Waals surface area contributed by atoms with E-state index in [1.165, 1.54) is 34.7 Å². The minimum atomic E-state index is -0.920. The maximum atomic E-state index is 13.2. The second-order valence-electron chi connectivity index (χ2n) is 7.88. The van der Waals surface area contributed by atoms with Crippen molar-refractivity contribution < 1.29 is 14.6 Å². The van der Waals surface area contributed by atoms with Crippen LogP contribution in [0.1, 0.15) is 28.4 Å². The van der Waals surface area contributed by atoms with Crippen molar-refractivity contribution in [3.05, 3.63) is 81.2 Å². The van der Waals surface area contributed by atoms with Crippen LogP contribution in [0.4, 0.5) is 0 Å². The Morgan fingerprint density at radius 1 is 1.19 bits per heavy atom. The summed E-state index contributed by atoms with van der Waals surface area (Å²) in [5.74, 6) is 0.435.